The largest absolute Gasteiger partial charge is 0.184 e. The third-order valence-electron chi connectivity index (χ3n) is 7.87. The van der Waals surface area contributed by atoms with Gasteiger partial charge in [0, 0.05) is 0 Å². The first kappa shape index (κ1) is 36.3. The van der Waals surface area contributed by atoms with Gasteiger partial charge in [0.25, 0.3) is 0 Å². The molecule has 1 aliphatic rings. The summed E-state index contributed by atoms with van der Waals surface area (Å²) in [5, 5.41) is 4.22. The molecule has 0 fully saturated rings. The van der Waals surface area contributed by atoms with Crippen molar-refractivity contribution in [3.63, 3.8) is 0 Å². The summed E-state index contributed by atoms with van der Waals surface area (Å²) in [6.45, 7) is 3.97. The van der Waals surface area contributed by atoms with Gasteiger partial charge in [0.05, 0.1) is 20.6 Å². The van der Waals surface area contributed by atoms with Crippen LogP contribution >= 0.6 is 17.0 Å². The number of benzene rings is 5. The summed E-state index contributed by atoms with van der Waals surface area (Å²) in [5.74, 6) is 0.155. The van der Waals surface area contributed by atoms with E-state index in [1.807, 2.05) is 38.1 Å². The molecule has 0 atom stereocenters. The fourth-order valence-electron chi connectivity index (χ4n) is 5.63. The van der Waals surface area contributed by atoms with Gasteiger partial charge in [-0.3, -0.25) is 0 Å². The molecule has 0 spiro atoms. The Morgan fingerprint density at radius 2 is 1.29 bits per heavy atom. The monoisotopic (exact) mass is 784 g/mol. The van der Waals surface area contributed by atoms with E-state index < -0.39 is 44.3 Å². The van der Waals surface area contributed by atoms with Crippen LogP contribution in [0.5, 0.6) is 0 Å². The molecule has 0 saturated carbocycles. The van der Waals surface area contributed by atoms with Gasteiger partial charge in [-0.2, -0.15) is 61.9 Å². The summed E-state index contributed by atoms with van der Waals surface area (Å²) in [6.07, 6.45) is -9.82. The Balaban J connectivity index is 0.000000231. The van der Waals surface area contributed by atoms with Gasteiger partial charge in [-0.15, -0.1) is 34.0 Å². The zero-order valence-corrected chi connectivity index (χ0v) is 30.5. The number of rotatable bonds is 3. The number of halogens is 8. The van der Waals surface area contributed by atoms with E-state index >= 15 is 0 Å². The summed E-state index contributed by atoms with van der Waals surface area (Å²) in [5.41, 5.74) is 2.62. The van der Waals surface area contributed by atoms with Crippen molar-refractivity contribution in [2.24, 2.45) is 0 Å². The van der Waals surface area contributed by atoms with Crippen molar-refractivity contribution in [1.29, 1.82) is 0 Å². The van der Waals surface area contributed by atoms with Crippen LogP contribution in [0, 0.1) is 6.07 Å². The molecule has 48 heavy (non-hydrogen) atoms. The molecule has 1 aliphatic heterocycles. The molecule has 10 heteroatoms. The molecule has 0 bridgehead atoms. The first-order valence-corrected chi connectivity index (χ1v) is 22.1. The third kappa shape index (κ3) is 8.22. The van der Waals surface area contributed by atoms with Crippen LogP contribution in [0.2, 0.25) is 0 Å². The predicted molar refractivity (Wildman–Crippen MR) is 182 cm³/mol. The Kier molecular flexibility index (Phi) is 11.5. The van der Waals surface area contributed by atoms with Crippen LogP contribution in [0.15, 0.2) is 115 Å². The van der Waals surface area contributed by atoms with Crippen molar-refractivity contribution in [1.82, 2.24) is 0 Å². The van der Waals surface area contributed by atoms with Gasteiger partial charge >= 0.3 is 50.2 Å². The van der Waals surface area contributed by atoms with Crippen LogP contribution in [-0.2, 0) is 33.2 Å². The molecule has 0 unspecified atom stereocenters. The molecule has 0 aromatic heterocycles. The zero-order chi connectivity index (χ0) is 34.6. The second kappa shape index (κ2) is 15.2. The standard InChI is InChI=1S/C26H19F6.C12H7Si.2ClH.Zr/c1-15(2)18-10-17-8-9-22(16-6-4-3-5-7-16)24(23(17)13-18)19-11-20(25(27,28)29)14-21(12-19)26(30,31)32;1-3-7-11-9(5-1)10-6-2-4-8-12(10)13-11;;;/h3-15H,1-2H3;1-7H;2*1H;/q2*-1;;;+4/p-2. The van der Waals surface area contributed by atoms with E-state index in [0.717, 1.165) is 32.6 Å². The van der Waals surface area contributed by atoms with Gasteiger partial charge in [-0.1, -0.05) is 90.8 Å². The number of hydrogen-bond acceptors (Lipinski definition) is 0. The normalized spacial score (nSPS) is 12.0. The third-order valence-corrected chi connectivity index (χ3v) is 9.24. The molecule has 0 saturated heterocycles. The number of fused-ring (bicyclic) bond motifs is 4. The van der Waals surface area contributed by atoms with Crippen molar-refractivity contribution in [3.8, 4) is 33.4 Å². The quantitative estimate of drug-likeness (QED) is 0.0951. The molecule has 0 aliphatic carbocycles. The predicted octanol–water partition coefficient (Wildman–Crippen LogP) is 11.6. The summed E-state index contributed by atoms with van der Waals surface area (Å²) in [4.78, 5) is 0. The van der Waals surface area contributed by atoms with E-state index in [4.69, 9.17) is 17.0 Å². The van der Waals surface area contributed by atoms with E-state index in [9.17, 15) is 26.3 Å². The van der Waals surface area contributed by atoms with E-state index in [1.54, 1.807) is 36.4 Å². The molecule has 7 rings (SSSR count). The van der Waals surface area contributed by atoms with Crippen LogP contribution in [0.3, 0.4) is 0 Å². The minimum Gasteiger partial charge on any atom is -0.184 e. The summed E-state index contributed by atoms with van der Waals surface area (Å²) in [7, 11) is 10.7. The minimum atomic E-state index is -4.91. The van der Waals surface area contributed by atoms with E-state index in [-0.39, 0.29) is 17.5 Å². The maximum Gasteiger partial charge on any atom is 0.0920 e. The first-order chi connectivity index (χ1) is 22.8. The van der Waals surface area contributed by atoms with Gasteiger partial charge in [0.2, 0.25) is 0 Å². The van der Waals surface area contributed by atoms with Crippen molar-refractivity contribution in [3.05, 3.63) is 138 Å². The van der Waals surface area contributed by atoms with Crippen LogP contribution < -0.4 is 10.4 Å². The summed E-state index contributed by atoms with van der Waals surface area (Å²) in [6, 6.07) is 36.3. The van der Waals surface area contributed by atoms with Crippen LogP contribution in [0.4, 0.5) is 26.3 Å². The topological polar surface area (TPSA) is 0 Å². The summed E-state index contributed by atoms with van der Waals surface area (Å²) >= 11 is -0.826. The van der Waals surface area contributed by atoms with Crippen LogP contribution in [0.1, 0.15) is 36.5 Å². The van der Waals surface area contributed by atoms with Crippen LogP contribution in [-0.4, -0.2) is 9.52 Å². The minimum absolute atomic E-state index is 0.113. The first-order valence-electron chi connectivity index (χ1n) is 14.7. The van der Waals surface area contributed by atoms with Crippen molar-refractivity contribution >= 4 is 47.7 Å². The van der Waals surface area contributed by atoms with Gasteiger partial charge in [0.15, 0.2) is 0 Å². The smallest absolute Gasteiger partial charge is 0.0920 e. The maximum atomic E-state index is 13.5. The summed E-state index contributed by atoms with van der Waals surface area (Å²) < 4.78 is 81.2. The fraction of sp³-hybridized carbons (Fsp3) is 0.132. The molecular formula is C38H26Cl2F6SiZr. The molecule has 0 N–H and O–H groups in total. The molecule has 0 amide bonds. The zero-order valence-electron chi connectivity index (χ0n) is 25.6. The van der Waals surface area contributed by atoms with Gasteiger partial charge < -0.3 is 0 Å². The molecule has 0 nitrogen and oxygen atoms in total. The average molecular weight is 787 g/mol. The molecule has 6 aromatic carbocycles. The Labute approximate surface area is 296 Å². The molecule has 1 heterocycles. The van der Waals surface area contributed by atoms with E-state index in [0.29, 0.717) is 22.1 Å². The van der Waals surface area contributed by atoms with Gasteiger partial charge in [0.1, 0.15) is 0 Å². The number of alkyl halides is 6. The van der Waals surface area contributed by atoms with Crippen molar-refractivity contribution < 1.29 is 47.2 Å². The van der Waals surface area contributed by atoms with Gasteiger partial charge in [-0.05, 0) is 40.8 Å². The van der Waals surface area contributed by atoms with Crippen molar-refractivity contribution in [2.45, 2.75) is 32.1 Å². The fourth-order valence-corrected chi connectivity index (χ4v) is 6.94. The Morgan fingerprint density at radius 3 is 1.92 bits per heavy atom. The second-order valence-corrected chi connectivity index (χ2v) is 16.3. The average Bonchev–Trinajstić information content (AvgIpc) is 3.67. The van der Waals surface area contributed by atoms with Gasteiger partial charge in [-0.25, -0.2) is 0 Å². The maximum absolute atomic E-state index is 13.5. The molecule has 6 aromatic rings. The Morgan fingerprint density at radius 1 is 0.688 bits per heavy atom. The van der Waals surface area contributed by atoms with E-state index in [2.05, 4.69) is 42.5 Å². The molecule has 2 radical (unpaired) electrons. The Hall–Kier alpha value is -3.03. The Bertz CT molecular complexity index is 1940. The van der Waals surface area contributed by atoms with Crippen LogP contribution in [0.25, 0.3) is 44.2 Å². The SMILES string of the molecule is CC(C)c1cc2c(-c3cc(C(F)(F)F)cc(C(F)(F)F)c3)c(-c3ccccc3)ccc2[cH-]1.[Cl][Zr+2][Cl].[c-]1cccc2c1[Si]c1ccccc1-2. The molecular weight excluding hydrogens is 761 g/mol. The van der Waals surface area contributed by atoms with Crippen molar-refractivity contribution in [2.75, 3.05) is 0 Å². The van der Waals surface area contributed by atoms with E-state index in [1.165, 1.54) is 21.5 Å². The second-order valence-electron chi connectivity index (χ2n) is 11.3. The number of hydrogen-bond donors (Lipinski definition) is 0. The molecule has 242 valence electrons.